The smallest absolute Gasteiger partial charge is 0.248 e. The molecule has 1 amide bonds. The Morgan fingerprint density at radius 2 is 1.92 bits per heavy atom. The first-order chi connectivity index (χ1) is 11.7. The summed E-state index contributed by atoms with van der Waals surface area (Å²) in [5, 5.41) is 0. The number of amides is 1. The van der Waals surface area contributed by atoms with Crippen LogP contribution in [0.25, 0.3) is 0 Å². The van der Waals surface area contributed by atoms with E-state index in [1.54, 1.807) is 0 Å². The summed E-state index contributed by atoms with van der Waals surface area (Å²) in [5.41, 5.74) is 10.3. The van der Waals surface area contributed by atoms with E-state index in [-0.39, 0.29) is 5.91 Å². The molecule has 0 radical (unpaired) electrons. The number of hydrogen-bond acceptors (Lipinski definition) is 2. The van der Waals surface area contributed by atoms with Gasteiger partial charge in [0, 0.05) is 23.6 Å². The van der Waals surface area contributed by atoms with Gasteiger partial charge in [-0.1, -0.05) is 42.5 Å². The van der Waals surface area contributed by atoms with Gasteiger partial charge in [-0.2, -0.15) is 0 Å². The van der Waals surface area contributed by atoms with Gasteiger partial charge in [-0.3, -0.25) is 9.69 Å². The van der Waals surface area contributed by atoms with Crippen LogP contribution in [-0.4, -0.2) is 23.4 Å². The maximum atomic E-state index is 11.9. The predicted molar refractivity (Wildman–Crippen MR) is 96.0 cm³/mol. The van der Waals surface area contributed by atoms with Crippen LogP contribution in [0, 0.1) is 0 Å². The number of hydrogen-bond donors (Lipinski definition) is 1. The van der Waals surface area contributed by atoms with Gasteiger partial charge in [0.25, 0.3) is 0 Å². The monoisotopic (exact) mass is 320 g/mol. The summed E-state index contributed by atoms with van der Waals surface area (Å²) in [6, 6.07) is 17.7. The van der Waals surface area contributed by atoms with E-state index < -0.39 is 0 Å². The summed E-state index contributed by atoms with van der Waals surface area (Å²) in [6.07, 6.45) is 3.31. The highest BCUT2D eigenvalue weighted by Crippen LogP contribution is 2.45. The molecular weight excluding hydrogens is 296 g/mol. The van der Waals surface area contributed by atoms with Crippen LogP contribution in [0.3, 0.4) is 0 Å². The van der Waals surface area contributed by atoms with Gasteiger partial charge in [0.1, 0.15) is 0 Å². The Bertz CT molecular complexity index is 756. The van der Waals surface area contributed by atoms with E-state index in [4.69, 9.17) is 5.73 Å². The first-order valence-corrected chi connectivity index (χ1v) is 8.89. The average molecular weight is 320 g/mol. The minimum absolute atomic E-state index is 0.290. The minimum atomic E-state index is -0.290. The fourth-order valence-electron chi connectivity index (χ4n) is 4.77. The lowest BCUT2D eigenvalue weighted by Gasteiger charge is -2.37. The molecule has 3 nitrogen and oxygen atoms in total. The molecule has 2 N–H and O–H groups in total. The normalized spacial score (nSPS) is 24.2. The zero-order valence-corrected chi connectivity index (χ0v) is 14.1. The summed E-state index contributed by atoms with van der Waals surface area (Å²) < 4.78 is 0. The fraction of sp³-hybridized carbons (Fsp3) is 0.381. The number of primary amides is 1. The molecule has 0 aromatic heterocycles. The van der Waals surface area contributed by atoms with Gasteiger partial charge < -0.3 is 5.73 Å². The Kier molecular flexibility index (Phi) is 3.89. The Morgan fingerprint density at radius 1 is 1.12 bits per heavy atom. The predicted octanol–water partition coefficient (Wildman–Crippen LogP) is 3.65. The number of nitrogens with zero attached hydrogens (tertiary/aromatic N) is 1. The number of likely N-dealkylation sites (tertiary alicyclic amines) is 1. The van der Waals surface area contributed by atoms with Gasteiger partial charge in [0.05, 0.1) is 0 Å². The van der Waals surface area contributed by atoms with Gasteiger partial charge >= 0.3 is 0 Å². The van der Waals surface area contributed by atoms with Crippen LogP contribution in [0.2, 0.25) is 0 Å². The van der Waals surface area contributed by atoms with E-state index in [1.807, 2.05) is 12.1 Å². The third kappa shape index (κ3) is 2.44. The minimum Gasteiger partial charge on any atom is -0.366 e. The number of carbonyl (C=O) groups is 1. The Balaban J connectivity index is 1.67. The van der Waals surface area contributed by atoms with Gasteiger partial charge in [-0.15, -0.1) is 0 Å². The molecule has 1 saturated heterocycles. The largest absolute Gasteiger partial charge is 0.366 e. The second-order valence-electron chi connectivity index (χ2n) is 7.07. The first-order valence-electron chi connectivity index (χ1n) is 8.89. The number of fused-ring (bicyclic) bond motifs is 3. The van der Waals surface area contributed by atoms with Crippen molar-refractivity contribution in [1.82, 2.24) is 4.90 Å². The van der Waals surface area contributed by atoms with Crippen molar-refractivity contribution < 1.29 is 4.79 Å². The van der Waals surface area contributed by atoms with Crippen molar-refractivity contribution in [3.05, 3.63) is 70.8 Å². The maximum Gasteiger partial charge on any atom is 0.248 e. The Hall–Kier alpha value is -2.13. The van der Waals surface area contributed by atoms with Gasteiger partial charge in [0.15, 0.2) is 0 Å². The molecule has 3 atom stereocenters. The Morgan fingerprint density at radius 3 is 2.67 bits per heavy atom. The summed E-state index contributed by atoms with van der Waals surface area (Å²) in [4.78, 5) is 14.5. The zero-order valence-electron chi connectivity index (χ0n) is 14.1. The van der Waals surface area contributed by atoms with Gasteiger partial charge in [0.2, 0.25) is 5.91 Å². The molecule has 0 unspecified atom stereocenters. The molecule has 124 valence electrons. The van der Waals surface area contributed by atoms with Crippen molar-refractivity contribution in [3.8, 4) is 0 Å². The topological polar surface area (TPSA) is 46.3 Å². The van der Waals surface area contributed by atoms with Crippen LogP contribution >= 0.6 is 0 Å². The van der Waals surface area contributed by atoms with Crippen molar-refractivity contribution in [1.29, 1.82) is 0 Å². The van der Waals surface area contributed by atoms with Crippen LogP contribution in [0.1, 0.15) is 58.8 Å². The van der Waals surface area contributed by atoms with Crippen LogP contribution in [-0.2, 0) is 6.42 Å². The zero-order chi connectivity index (χ0) is 16.7. The van der Waals surface area contributed by atoms with E-state index in [9.17, 15) is 4.79 Å². The molecule has 2 aromatic rings. The van der Waals surface area contributed by atoms with Crippen LogP contribution in [0.15, 0.2) is 48.5 Å². The third-order valence-electron chi connectivity index (χ3n) is 5.91. The summed E-state index contributed by atoms with van der Waals surface area (Å²) in [7, 11) is 0. The second kappa shape index (κ2) is 6.06. The SMILES string of the molecule is C[C@H](c1ccccc1)N1CC[C@H]2c3c(cccc3C(N)=O)CC[C@H]21. The highest BCUT2D eigenvalue weighted by Gasteiger charge is 2.42. The standard InChI is InChI=1S/C21H24N2O/c1-14(15-6-3-2-4-7-15)23-13-12-17-19(23)11-10-16-8-5-9-18(20(16)17)21(22)24/h2-9,14,17,19H,10-13H2,1H3,(H2,22,24)/t14-,17-,19-/m1/s1. The molecule has 4 rings (SSSR count). The molecule has 24 heavy (non-hydrogen) atoms. The quantitative estimate of drug-likeness (QED) is 0.938. The molecule has 0 bridgehead atoms. The summed E-state index contributed by atoms with van der Waals surface area (Å²) in [6.45, 7) is 3.38. The second-order valence-corrected chi connectivity index (χ2v) is 7.07. The molecule has 1 aliphatic carbocycles. The van der Waals surface area contributed by atoms with Crippen molar-refractivity contribution in [2.24, 2.45) is 5.73 Å². The summed E-state index contributed by atoms with van der Waals surface area (Å²) >= 11 is 0. The molecule has 0 saturated carbocycles. The average Bonchev–Trinajstić information content (AvgIpc) is 3.05. The number of rotatable bonds is 3. The number of carbonyl (C=O) groups excluding carboxylic acids is 1. The molecule has 0 spiro atoms. The van der Waals surface area contributed by atoms with Crippen LogP contribution < -0.4 is 5.73 Å². The molecule has 1 heterocycles. The fourth-order valence-corrected chi connectivity index (χ4v) is 4.77. The third-order valence-corrected chi connectivity index (χ3v) is 5.91. The van der Waals surface area contributed by atoms with E-state index in [0.717, 1.165) is 31.4 Å². The Labute approximate surface area is 143 Å². The van der Waals surface area contributed by atoms with Crippen molar-refractivity contribution in [2.75, 3.05) is 6.54 Å². The number of benzene rings is 2. The highest BCUT2D eigenvalue weighted by atomic mass is 16.1. The molecule has 2 aliphatic rings. The van der Waals surface area contributed by atoms with Crippen LogP contribution in [0.5, 0.6) is 0 Å². The lowest BCUT2D eigenvalue weighted by molar-refractivity contribution is 0.0997. The van der Waals surface area contributed by atoms with E-state index in [1.165, 1.54) is 16.7 Å². The van der Waals surface area contributed by atoms with Gasteiger partial charge in [-0.05, 0) is 55.5 Å². The summed E-state index contributed by atoms with van der Waals surface area (Å²) in [5.74, 6) is 0.144. The molecule has 1 fully saturated rings. The highest BCUT2D eigenvalue weighted by molar-refractivity contribution is 5.95. The van der Waals surface area contributed by atoms with E-state index in [0.29, 0.717) is 18.0 Å². The van der Waals surface area contributed by atoms with Crippen molar-refractivity contribution in [3.63, 3.8) is 0 Å². The lowest BCUT2D eigenvalue weighted by atomic mass is 9.77. The molecule has 2 aromatic carbocycles. The van der Waals surface area contributed by atoms with Crippen molar-refractivity contribution >= 4 is 5.91 Å². The molecular formula is C21H24N2O. The van der Waals surface area contributed by atoms with E-state index >= 15 is 0 Å². The first kappa shape index (κ1) is 15.4. The maximum absolute atomic E-state index is 11.9. The molecule has 1 aliphatic heterocycles. The van der Waals surface area contributed by atoms with Gasteiger partial charge in [-0.25, -0.2) is 0 Å². The number of nitrogens with two attached hydrogens (primary N) is 1. The number of aryl methyl sites for hydroxylation is 1. The van der Waals surface area contributed by atoms with E-state index in [2.05, 4.69) is 48.2 Å². The van der Waals surface area contributed by atoms with Crippen LogP contribution in [0.4, 0.5) is 0 Å². The lowest BCUT2D eigenvalue weighted by Crippen LogP contribution is -2.37. The molecule has 3 heteroatoms. The van der Waals surface area contributed by atoms with Crippen molar-refractivity contribution in [2.45, 2.75) is 44.2 Å².